The van der Waals surface area contributed by atoms with Crippen molar-refractivity contribution in [1.82, 2.24) is 10.6 Å². The lowest BCUT2D eigenvalue weighted by Crippen LogP contribution is -2.34. The molecule has 1 aliphatic heterocycles. The fourth-order valence-electron chi connectivity index (χ4n) is 2.19. The molecule has 0 bridgehead atoms. The van der Waals surface area contributed by atoms with Crippen molar-refractivity contribution < 1.29 is 4.42 Å². The molecule has 1 aliphatic rings. The van der Waals surface area contributed by atoms with Gasteiger partial charge >= 0.3 is 0 Å². The molecule has 3 rings (SSSR count). The lowest BCUT2D eigenvalue weighted by Gasteiger charge is -2.12. The number of hydrogen-bond acceptors (Lipinski definition) is 4. The molecule has 0 amide bonds. The monoisotopic (exact) mass is 255 g/mol. The van der Waals surface area contributed by atoms with Crippen LogP contribution >= 0.6 is 0 Å². The van der Waals surface area contributed by atoms with Crippen LogP contribution < -0.4 is 10.6 Å². The van der Waals surface area contributed by atoms with Gasteiger partial charge in [0.2, 0.25) is 0 Å². The van der Waals surface area contributed by atoms with Gasteiger partial charge in [0.25, 0.3) is 0 Å². The Bertz CT molecular complexity index is 574. The molecule has 1 atom stereocenters. The Morgan fingerprint density at radius 3 is 2.89 bits per heavy atom. The van der Waals surface area contributed by atoms with Gasteiger partial charge in [0.1, 0.15) is 5.76 Å². The second-order valence-electron chi connectivity index (χ2n) is 4.65. The molecular weight excluding hydrogens is 238 g/mol. The van der Waals surface area contributed by atoms with Crippen molar-refractivity contribution in [2.24, 2.45) is 4.99 Å². The molecule has 0 saturated heterocycles. The number of benzene rings is 1. The zero-order valence-electron chi connectivity index (χ0n) is 10.9. The summed E-state index contributed by atoms with van der Waals surface area (Å²) in [6, 6.07) is 12.6. The summed E-state index contributed by atoms with van der Waals surface area (Å²) in [6.45, 7) is 3.47. The Labute approximate surface area is 112 Å². The van der Waals surface area contributed by atoms with E-state index in [1.165, 1.54) is 5.56 Å². The highest BCUT2D eigenvalue weighted by Gasteiger charge is 2.18. The Morgan fingerprint density at radius 1 is 1.32 bits per heavy atom. The normalized spacial score (nSPS) is 17.9. The van der Waals surface area contributed by atoms with Crippen LogP contribution in [0.5, 0.6) is 0 Å². The van der Waals surface area contributed by atoms with Gasteiger partial charge < -0.3 is 15.1 Å². The Kier molecular flexibility index (Phi) is 3.23. The van der Waals surface area contributed by atoms with Crippen LogP contribution in [-0.2, 0) is 6.54 Å². The average Bonchev–Trinajstić information content (AvgIpc) is 3.06. The van der Waals surface area contributed by atoms with Crippen molar-refractivity contribution in [2.45, 2.75) is 19.5 Å². The van der Waals surface area contributed by atoms with Gasteiger partial charge in [0.05, 0.1) is 18.8 Å². The van der Waals surface area contributed by atoms with Crippen LogP contribution in [-0.4, -0.2) is 12.5 Å². The molecule has 1 aromatic heterocycles. The molecule has 2 heterocycles. The molecule has 98 valence electrons. The molecule has 0 saturated carbocycles. The van der Waals surface area contributed by atoms with Gasteiger partial charge in [-0.2, -0.15) is 0 Å². The Balaban J connectivity index is 1.56. The van der Waals surface area contributed by atoms with Crippen LogP contribution in [0.2, 0.25) is 0 Å². The minimum Gasteiger partial charge on any atom is -0.469 e. The van der Waals surface area contributed by atoms with Crippen LogP contribution in [0.25, 0.3) is 0 Å². The largest absolute Gasteiger partial charge is 0.469 e. The molecule has 2 aromatic rings. The molecule has 4 nitrogen and oxygen atoms in total. The van der Waals surface area contributed by atoms with E-state index in [0.29, 0.717) is 0 Å². The smallest absolute Gasteiger partial charge is 0.192 e. The van der Waals surface area contributed by atoms with Crippen LogP contribution in [0, 0.1) is 6.92 Å². The zero-order valence-corrected chi connectivity index (χ0v) is 10.9. The highest BCUT2D eigenvalue weighted by Crippen LogP contribution is 2.16. The predicted octanol–water partition coefficient (Wildman–Crippen LogP) is 2.38. The Hall–Kier alpha value is -2.23. The summed E-state index contributed by atoms with van der Waals surface area (Å²) in [5.41, 5.74) is 2.43. The van der Waals surface area contributed by atoms with E-state index in [4.69, 9.17) is 4.42 Å². The fourth-order valence-corrected chi connectivity index (χ4v) is 2.19. The second-order valence-corrected chi connectivity index (χ2v) is 4.65. The molecule has 1 aromatic carbocycles. The van der Waals surface area contributed by atoms with E-state index in [9.17, 15) is 0 Å². The van der Waals surface area contributed by atoms with Gasteiger partial charge in [0.15, 0.2) is 5.96 Å². The first-order chi connectivity index (χ1) is 9.33. The van der Waals surface area contributed by atoms with Crippen molar-refractivity contribution in [3.8, 4) is 0 Å². The highest BCUT2D eigenvalue weighted by molar-refractivity contribution is 5.82. The molecule has 0 radical (unpaired) electrons. The standard InChI is InChI=1S/C15H17N3O/c1-11-13(7-8-19-11)9-16-15-17-10-14(18-15)12-5-3-2-4-6-12/h2-8,14H,9-10H2,1H3,(H2,16,17,18). The predicted molar refractivity (Wildman–Crippen MR) is 74.9 cm³/mol. The summed E-state index contributed by atoms with van der Waals surface area (Å²) in [5, 5.41) is 6.70. The minimum atomic E-state index is 0.272. The van der Waals surface area contributed by atoms with Crippen molar-refractivity contribution in [3.05, 3.63) is 59.5 Å². The summed E-state index contributed by atoms with van der Waals surface area (Å²) >= 11 is 0. The van der Waals surface area contributed by atoms with Gasteiger partial charge in [-0.3, -0.25) is 4.99 Å². The molecule has 1 unspecified atom stereocenters. The van der Waals surface area contributed by atoms with Gasteiger partial charge in [-0.1, -0.05) is 30.3 Å². The van der Waals surface area contributed by atoms with Crippen molar-refractivity contribution >= 4 is 5.96 Å². The quantitative estimate of drug-likeness (QED) is 0.885. The highest BCUT2D eigenvalue weighted by atomic mass is 16.3. The summed E-state index contributed by atoms with van der Waals surface area (Å²) < 4.78 is 5.27. The molecule has 2 N–H and O–H groups in total. The lowest BCUT2D eigenvalue weighted by molar-refractivity contribution is 0.529. The fraction of sp³-hybridized carbons (Fsp3) is 0.267. The van der Waals surface area contributed by atoms with Crippen molar-refractivity contribution in [1.29, 1.82) is 0 Å². The maximum atomic E-state index is 5.27. The number of guanidine groups is 1. The number of aliphatic imine (C=N–C) groups is 1. The number of nitrogens with zero attached hydrogens (tertiary/aromatic N) is 1. The van der Waals surface area contributed by atoms with Crippen LogP contribution in [0.1, 0.15) is 22.9 Å². The molecular formula is C15H17N3O. The average molecular weight is 255 g/mol. The summed E-state index contributed by atoms with van der Waals surface area (Å²) in [7, 11) is 0. The number of aryl methyl sites for hydroxylation is 1. The third-order valence-corrected chi connectivity index (χ3v) is 3.36. The van der Waals surface area contributed by atoms with Gasteiger partial charge in [0, 0.05) is 12.1 Å². The van der Waals surface area contributed by atoms with Crippen molar-refractivity contribution in [3.63, 3.8) is 0 Å². The molecule has 4 heteroatoms. The molecule has 0 aliphatic carbocycles. The maximum absolute atomic E-state index is 5.27. The third kappa shape index (κ3) is 2.62. The number of furan rings is 1. The molecule has 0 spiro atoms. The molecule has 19 heavy (non-hydrogen) atoms. The van der Waals surface area contributed by atoms with Crippen molar-refractivity contribution in [2.75, 3.05) is 6.54 Å². The number of rotatable bonds is 3. The first-order valence-corrected chi connectivity index (χ1v) is 6.46. The van der Waals surface area contributed by atoms with E-state index in [2.05, 4.69) is 39.9 Å². The second kappa shape index (κ2) is 5.18. The topological polar surface area (TPSA) is 49.6 Å². The van der Waals surface area contributed by atoms with E-state index < -0.39 is 0 Å². The van der Waals surface area contributed by atoms with Crippen LogP contribution in [0.3, 0.4) is 0 Å². The Morgan fingerprint density at radius 2 is 2.16 bits per heavy atom. The first-order valence-electron chi connectivity index (χ1n) is 6.46. The lowest BCUT2D eigenvalue weighted by atomic mass is 10.1. The van der Waals surface area contributed by atoms with E-state index in [0.717, 1.165) is 30.4 Å². The van der Waals surface area contributed by atoms with E-state index >= 15 is 0 Å². The number of nitrogens with one attached hydrogen (secondary N) is 2. The third-order valence-electron chi connectivity index (χ3n) is 3.36. The van der Waals surface area contributed by atoms with Gasteiger partial charge in [-0.05, 0) is 18.6 Å². The van der Waals surface area contributed by atoms with Crippen LogP contribution in [0.15, 0.2) is 52.1 Å². The summed E-state index contributed by atoms with van der Waals surface area (Å²) in [4.78, 5) is 4.49. The van der Waals surface area contributed by atoms with Crippen LogP contribution in [0.4, 0.5) is 0 Å². The van der Waals surface area contributed by atoms with E-state index in [1.54, 1.807) is 6.26 Å². The van der Waals surface area contributed by atoms with E-state index in [-0.39, 0.29) is 6.04 Å². The SMILES string of the molecule is Cc1occc1CNC1=NCC(c2ccccc2)N1. The minimum absolute atomic E-state index is 0.272. The zero-order chi connectivity index (χ0) is 13.1. The summed E-state index contributed by atoms with van der Waals surface area (Å²) in [6.07, 6.45) is 1.71. The van der Waals surface area contributed by atoms with E-state index in [1.807, 2.05) is 19.1 Å². The summed E-state index contributed by atoms with van der Waals surface area (Å²) in [5.74, 6) is 1.81. The van der Waals surface area contributed by atoms with Gasteiger partial charge in [-0.25, -0.2) is 0 Å². The maximum Gasteiger partial charge on any atom is 0.192 e. The first kappa shape index (κ1) is 11.8. The van der Waals surface area contributed by atoms with Gasteiger partial charge in [-0.15, -0.1) is 0 Å². The molecule has 0 fully saturated rings. The number of hydrogen-bond donors (Lipinski definition) is 2.